The third kappa shape index (κ3) is 4.14. The van der Waals surface area contributed by atoms with Gasteiger partial charge in [0.2, 0.25) is 0 Å². The van der Waals surface area contributed by atoms with Crippen molar-refractivity contribution in [3.63, 3.8) is 0 Å². The number of benzene rings is 1. The highest BCUT2D eigenvalue weighted by Gasteiger charge is 2.34. The number of nitrogens with zero attached hydrogens (tertiary/aromatic N) is 3. The second kappa shape index (κ2) is 8.35. The van der Waals surface area contributed by atoms with Gasteiger partial charge in [-0.15, -0.1) is 5.10 Å². The number of methoxy groups -OCH3 is 1. The van der Waals surface area contributed by atoms with Crippen LogP contribution in [-0.2, 0) is 16.3 Å². The molecular formula is C18H23N3O4S2. The predicted molar refractivity (Wildman–Crippen MR) is 103 cm³/mol. The molecule has 0 aliphatic carbocycles. The van der Waals surface area contributed by atoms with Crippen molar-refractivity contribution in [3.8, 4) is 5.75 Å². The fourth-order valence-electron chi connectivity index (χ4n) is 3.24. The van der Waals surface area contributed by atoms with Crippen molar-refractivity contribution in [2.45, 2.75) is 42.8 Å². The van der Waals surface area contributed by atoms with Crippen LogP contribution < -0.4 is 4.74 Å². The van der Waals surface area contributed by atoms with E-state index in [1.165, 1.54) is 0 Å². The molecule has 27 heavy (non-hydrogen) atoms. The Hall–Kier alpha value is -2.00. The van der Waals surface area contributed by atoms with E-state index in [1.807, 2.05) is 6.92 Å². The summed E-state index contributed by atoms with van der Waals surface area (Å²) in [5, 5.41) is 3.56. The summed E-state index contributed by atoms with van der Waals surface area (Å²) < 4.78 is 34.7. The van der Waals surface area contributed by atoms with Gasteiger partial charge in [0.25, 0.3) is 5.91 Å². The lowest BCUT2D eigenvalue weighted by molar-refractivity contribution is 0.0729. The summed E-state index contributed by atoms with van der Waals surface area (Å²) in [4.78, 5) is 15.3. The van der Waals surface area contributed by atoms with E-state index in [0.717, 1.165) is 30.1 Å². The van der Waals surface area contributed by atoms with Crippen LogP contribution in [0.15, 0.2) is 29.2 Å². The predicted octanol–water partition coefficient (Wildman–Crippen LogP) is 2.58. The highest BCUT2D eigenvalue weighted by molar-refractivity contribution is 7.92. The van der Waals surface area contributed by atoms with Crippen molar-refractivity contribution in [1.82, 2.24) is 14.5 Å². The van der Waals surface area contributed by atoms with Crippen LogP contribution in [0.3, 0.4) is 0 Å². The largest absolute Gasteiger partial charge is 0.497 e. The van der Waals surface area contributed by atoms with Crippen LogP contribution in [0.25, 0.3) is 0 Å². The van der Waals surface area contributed by atoms with Gasteiger partial charge in [-0.2, -0.15) is 0 Å². The fourth-order valence-corrected chi connectivity index (χ4v) is 5.65. The van der Waals surface area contributed by atoms with Crippen molar-refractivity contribution in [1.29, 1.82) is 0 Å². The summed E-state index contributed by atoms with van der Waals surface area (Å²) in [6.07, 6.45) is 2.47. The zero-order chi connectivity index (χ0) is 19.4. The molecule has 2 heterocycles. The number of hydrogen-bond donors (Lipinski definition) is 0. The number of aryl methyl sites for hydroxylation is 1. The van der Waals surface area contributed by atoms with E-state index in [2.05, 4.69) is 9.59 Å². The molecule has 0 bridgehead atoms. The van der Waals surface area contributed by atoms with Gasteiger partial charge >= 0.3 is 0 Å². The van der Waals surface area contributed by atoms with Gasteiger partial charge in [-0.3, -0.25) is 4.79 Å². The van der Waals surface area contributed by atoms with Gasteiger partial charge in [-0.25, -0.2) is 8.42 Å². The number of aromatic nitrogens is 2. The first-order valence-electron chi connectivity index (χ1n) is 8.95. The minimum absolute atomic E-state index is 0.0891. The third-order valence-electron chi connectivity index (χ3n) is 4.79. The molecule has 2 aromatic rings. The molecule has 1 aliphatic heterocycles. The van der Waals surface area contributed by atoms with Crippen LogP contribution in [0.1, 0.15) is 41.6 Å². The lowest BCUT2D eigenvalue weighted by Crippen LogP contribution is -2.42. The maximum Gasteiger partial charge on any atom is 0.267 e. The van der Waals surface area contributed by atoms with Crippen molar-refractivity contribution >= 4 is 27.3 Å². The number of likely N-dealkylation sites (tertiary alicyclic amines) is 1. The van der Waals surface area contributed by atoms with E-state index in [0.29, 0.717) is 41.5 Å². The Morgan fingerprint density at radius 1 is 1.26 bits per heavy atom. The molecule has 1 fully saturated rings. The van der Waals surface area contributed by atoms with E-state index in [1.54, 1.807) is 36.3 Å². The van der Waals surface area contributed by atoms with Gasteiger partial charge in [0.15, 0.2) is 9.84 Å². The third-order valence-corrected chi connectivity index (χ3v) is 7.83. The molecule has 0 radical (unpaired) electrons. The van der Waals surface area contributed by atoms with Crippen molar-refractivity contribution in [2.75, 3.05) is 20.2 Å². The first-order chi connectivity index (χ1) is 13.0. The average Bonchev–Trinajstić information content (AvgIpc) is 3.16. The van der Waals surface area contributed by atoms with Gasteiger partial charge in [-0.1, -0.05) is 17.8 Å². The summed E-state index contributed by atoms with van der Waals surface area (Å²) in [7, 11) is -1.88. The summed E-state index contributed by atoms with van der Waals surface area (Å²) >= 11 is 1.12. The molecule has 7 nitrogen and oxygen atoms in total. The topological polar surface area (TPSA) is 89.5 Å². The van der Waals surface area contributed by atoms with Gasteiger partial charge in [0.05, 0.1) is 22.9 Å². The van der Waals surface area contributed by atoms with Crippen LogP contribution in [-0.4, -0.2) is 54.3 Å². The van der Waals surface area contributed by atoms with Gasteiger partial charge in [-0.05, 0) is 55.1 Å². The Bertz CT molecular complexity index is 886. The number of rotatable bonds is 6. The molecule has 0 atom stereocenters. The van der Waals surface area contributed by atoms with Gasteiger partial charge in [0, 0.05) is 13.1 Å². The number of sulfone groups is 1. The minimum Gasteiger partial charge on any atom is -0.497 e. The summed E-state index contributed by atoms with van der Waals surface area (Å²) in [6, 6.07) is 6.45. The molecule has 1 amide bonds. The highest BCUT2D eigenvalue weighted by Crippen LogP contribution is 2.27. The van der Waals surface area contributed by atoms with Gasteiger partial charge in [0.1, 0.15) is 10.6 Å². The molecule has 1 saturated heterocycles. The Morgan fingerprint density at radius 2 is 1.93 bits per heavy atom. The fraction of sp³-hybridized carbons (Fsp3) is 0.500. The quantitative estimate of drug-likeness (QED) is 0.728. The Kier molecular flexibility index (Phi) is 6.11. The van der Waals surface area contributed by atoms with E-state index >= 15 is 0 Å². The van der Waals surface area contributed by atoms with Gasteiger partial charge < -0.3 is 9.64 Å². The number of hydrogen-bond acceptors (Lipinski definition) is 7. The van der Waals surface area contributed by atoms with Crippen molar-refractivity contribution in [2.24, 2.45) is 0 Å². The minimum atomic E-state index is -3.42. The number of amides is 1. The van der Waals surface area contributed by atoms with E-state index in [9.17, 15) is 13.2 Å². The first kappa shape index (κ1) is 19.8. The monoisotopic (exact) mass is 409 g/mol. The van der Waals surface area contributed by atoms with Crippen LogP contribution >= 0.6 is 11.5 Å². The first-order valence-corrected chi connectivity index (χ1v) is 11.3. The number of piperidine rings is 1. The Morgan fingerprint density at radius 3 is 2.52 bits per heavy atom. The smallest absolute Gasteiger partial charge is 0.267 e. The maximum atomic E-state index is 12.9. The van der Waals surface area contributed by atoms with E-state index < -0.39 is 15.1 Å². The van der Waals surface area contributed by atoms with E-state index in [4.69, 9.17) is 4.74 Å². The summed E-state index contributed by atoms with van der Waals surface area (Å²) in [5.41, 5.74) is 0.737. The molecule has 0 unspecified atom stereocenters. The van der Waals surface area contributed by atoms with E-state index in [-0.39, 0.29) is 5.91 Å². The Labute approximate surface area is 163 Å². The summed E-state index contributed by atoms with van der Waals surface area (Å²) in [6.45, 7) is 2.87. The van der Waals surface area contributed by atoms with Crippen molar-refractivity contribution < 1.29 is 17.9 Å². The Balaban J connectivity index is 1.67. The zero-order valence-corrected chi connectivity index (χ0v) is 17.1. The van der Waals surface area contributed by atoms with Crippen LogP contribution in [0, 0.1) is 0 Å². The highest BCUT2D eigenvalue weighted by atomic mass is 32.2. The molecular weight excluding hydrogens is 386 g/mol. The number of ether oxygens (including phenoxy) is 1. The molecule has 0 N–H and O–H groups in total. The number of carbonyl (C=O) groups is 1. The normalized spacial score (nSPS) is 15.7. The maximum absolute atomic E-state index is 12.9. The lowest BCUT2D eigenvalue weighted by atomic mass is 10.1. The van der Waals surface area contributed by atoms with Crippen LogP contribution in [0.5, 0.6) is 5.75 Å². The zero-order valence-electron chi connectivity index (χ0n) is 15.4. The van der Waals surface area contributed by atoms with Crippen molar-refractivity contribution in [3.05, 3.63) is 34.8 Å². The lowest BCUT2D eigenvalue weighted by Gasteiger charge is -2.31. The molecule has 1 aromatic carbocycles. The molecule has 1 aromatic heterocycles. The van der Waals surface area contributed by atoms with Crippen LogP contribution in [0.2, 0.25) is 0 Å². The molecule has 3 rings (SSSR count). The molecule has 0 saturated carbocycles. The molecule has 9 heteroatoms. The second-order valence-electron chi connectivity index (χ2n) is 6.51. The molecule has 146 valence electrons. The average molecular weight is 410 g/mol. The SMILES string of the molecule is CCCc1nnsc1C(=O)N1CCC(S(=O)(=O)c2ccc(OC)cc2)CC1. The van der Waals surface area contributed by atoms with Crippen LogP contribution in [0.4, 0.5) is 0 Å². The standard InChI is InChI=1S/C18H23N3O4S2/c1-3-4-16-17(26-20-19-16)18(22)21-11-9-15(10-12-21)27(23,24)14-7-5-13(25-2)6-8-14/h5-8,15H,3-4,9-12H2,1-2H3. The summed E-state index contributed by atoms with van der Waals surface area (Å²) in [5.74, 6) is 0.532. The second-order valence-corrected chi connectivity index (χ2v) is 9.49. The number of carbonyl (C=O) groups excluding carboxylic acids is 1. The molecule has 1 aliphatic rings. The molecule has 0 spiro atoms.